The molecular formula is C84H122O24. The topological polar surface area (TPSA) is 410 Å². The molecule has 0 aliphatic carbocycles. The fraction of sp³-hybridized carbons (Fsp3) is 0.714. The molecule has 602 valence electrons. The van der Waals surface area contributed by atoms with Crippen LogP contribution in [0.3, 0.4) is 0 Å². The molecule has 24 heteroatoms. The van der Waals surface area contributed by atoms with Crippen molar-refractivity contribution in [2.75, 3.05) is 0 Å². The number of ketones is 24. The second-order valence-corrected chi connectivity index (χ2v) is 35.4. The smallest absolute Gasteiger partial charge is 0.146 e. The number of Topliss-reactive ketones (excluding diaryl/α,β-unsaturated/α-hetero) is 24. The minimum absolute atomic E-state index is 0.259. The van der Waals surface area contributed by atoms with Crippen LogP contribution in [0.15, 0.2) is 0 Å². The first kappa shape index (κ1) is 100. The van der Waals surface area contributed by atoms with Crippen molar-refractivity contribution >= 4 is 139 Å². The first-order valence-corrected chi connectivity index (χ1v) is 37.2. The molecule has 0 aromatic rings. The summed E-state index contributed by atoms with van der Waals surface area (Å²) in [6, 6.07) is 0. The summed E-state index contributed by atoms with van der Waals surface area (Å²) in [5.74, 6) is -14.8. The highest BCUT2D eigenvalue weighted by Gasteiger charge is 2.47. The molecule has 0 amide bonds. The predicted octanol–water partition coefficient (Wildman–Crippen LogP) is 11.6. The number of rotatable bonds is 57. The Kier molecular flexibility index (Phi) is 35.3. The molecule has 0 spiro atoms. The van der Waals surface area contributed by atoms with E-state index in [0.29, 0.717) is 0 Å². The molecule has 108 heavy (non-hydrogen) atoms. The third-order valence-corrected chi connectivity index (χ3v) is 23.5. The average Bonchev–Trinajstić information content (AvgIpc) is 0.819. The van der Waals surface area contributed by atoms with Gasteiger partial charge in [0.05, 0.1) is 65.0 Å². The van der Waals surface area contributed by atoms with Crippen molar-refractivity contribution < 1.29 is 115 Å². The van der Waals surface area contributed by atoms with Crippen LogP contribution in [-0.2, 0) is 115 Å². The second-order valence-electron chi connectivity index (χ2n) is 35.4. The molecule has 0 N–H and O–H groups in total. The number of carbonyl (C=O) groups is 24. The van der Waals surface area contributed by atoms with Crippen LogP contribution in [0.5, 0.6) is 0 Å². The van der Waals surface area contributed by atoms with E-state index in [1.165, 1.54) is 180 Å². The van der Waals surface area contributed by atoms with Gasteiger partial charge in [0.15, 0.2) is 0 Å². The molecule has 0 aliphatic rings. The summed E-state index contributed by atoms with van der Waals surface area (Å²) in [6.45, 7) is 34.7. The molecule has 0 fully saturated rings. The van der Waals surface area contributed by atoms with E-state index in [0.717, 1.165) is 0 Å². The molecule has 0 aromatic carbocycles. The highest BCUT2D eigenvalue weighted by molar-refractivity contribution is 6.17. The van der Waals surface area contributed by atoms with Crippen molar-refractivity contribution in [3.63, 3.8) is 0 Å². The van der Waals surface area contributed by atoms with E-state index < -0.39 is 308 Å². The lowest BCUT2D eigenvalue weighted by molar-refractivity contribution is -0.145. The standard InChI is InChI=1S/C84H122O24/c1-49(85)73(3,4)51(87)27-29-53(89)75(7,8)55(91)31-33-57(93)77(11,12)59(95)35-37-61(97)79(15,16)63(99)39-41-65(101)81(19,20)67(103)43-45-69(105)83(23,24)71(107)47-48-72(108)84(25,26)70(106)46-44-68(104)82(21,22)66(102)42-40-64(100)80(17,18)62(98)38-36-60(96)78(13,14)58(94)34-32-56(92)76(9,10)54(90)30-28-52(88)74(5,6)50(2)86/h27-48H2,1-26H3. The largest absolute Gasteiger partial charge is 0.299 e. The summed E-state index contributed by atoms with van der Waals surface area (Å²) >= 11 is 0. The first-order valence-electron chi connectivity index (χ1n) is 37.2. The molecule has 24 nitrogen and oxygen atoms in total. The van der Waals surface area contributed by atoms with Gasteiger partial charge in [-0.15, -0.1) is 0 Å². The summed E-state index contributed by atoms with van der Waals surface area (Å²) in [4.78, 5) is 317. The third kappa shape index (κ3) is 25.3. The Bertz CT molecular complexity index is 3460. The Morgan fingerprint density at radius 1 is 0.111 bits per heavy atom. The lowest BCUT2D eigenvalue weighted by Crippen LogP contribution is -2.39. The van der Waals surface area contributed by atoms with Gasteiger partial charge in [0.25, 0.3) is 0 Å². The zero-order chi connectivity index (χ0) is 85.4. The van der Waals surface area contributed by atoms with E-state index in [9.17, 15) is 115 Å². The molecule has 0 rings (SSSR count). The van der Waals surface area contributed by atoms with Gasteiger partial charge in [-0.1, -0.05) is 0 Å². The Hall–Kier alpha value is -7.92. The van der Waals surface area contributed by atoms with Crippen molar-refractivity contribution in [2.45, 2.75) is 321 Å². The molecule has 0 heterocycles. The van der Waals surface area contributed by atoms with Gasteiger partial charge in [0.1, 0.15) is 139 Å². The first-order chi connectivity index (χ1) is 48.4. The second kappa shape index (κ2) is 38.1. The highest BCUT2D eigenvalue weighted by Crippen LogP contribution is 2.37. The minimum atomic E-state index is -1.74. The van der Waals surface area contributed by atoms with E-state index in [4.69, 9.17) is 0 Å². The number of carbonyl (C=O) groups excluding carboxylic acids is 24. The van der Waals surface area contributed by atoms with Crippen LogP contribution in [0, 0.1) is 65.0 Å². The third-order valence-electron chi connectivity index (χ3n) is 23.5. The maximum Gasteiger partial charge on any atom is 0.146 e. The summed E-state index contributed by atoms with van der Waals surface area (Å²) in [7, 11) is 0. The van der Waals surface area contributed by atoms with Crippen LogP contribution < -0.4 is 0 Å². The van der Waals surface area contributed by atoms with Gasteiger partial charge in [0, 0.05) is 141 Å². The van der Waals surface area contributed by atoms with Gasteiger partial charge in [-0.3, -0.25) is 115 Å². The Labute approximate surface area is 637 Å². The van der Waals surface area contributed by atoms with E-state index in [1.807, 2.05) is 0 Å². The van der Waals surface area contributed by atoms with Crippen LogP contribution in [0.25, 0.3) is 0 Å². The number of hydrogen-bond acceptors (Lipinski definition) is 24. The summed E-state index contributed by atoms with van der Waals surface area (Å²) in [6.07, 6.45) is -9.40. The number of hydrogen-bond donors (Lipinski definition) is 0. The van der Waals surface area contributed by atoms with E-state index in [1.54, 1.807) is 0 Å². The average molecular weight is 1520 g/mol. The maximum atomic E-state index is 13.6. The van der Waals surface area contributed by atoms with Gasteiger partial charge in [-0.25, -0.2) is 0 Å². The van der Waals surface area contributed by atoms with E-state index >= 15 is 0 Å². The summed E-state index contributed by atoms with van der Waals surface area (Å²) in [5.41, 5.74) is -19.4. The van der Waals surface area contributed by atoms with Crippen LogP contribution in [-0.4, -0.2) is 139 Å². The fourth-order valence-electron chi connectivity index (χ4n) is 11.3. The SMILES string of the molecule is CC(=O)C(C)(C)C(=O)CCC(=O)C(C)(C)C(=O)CCC(=O)C(C)(C)C(=O)CCC(=O)C(C)(C)C(=O)CCC(=O)C(C)(C)C(=O)CCC(=O)C(C)(C)C(=O)CCC(=O)C(C)(C)C(=O)CCC(=O)C(C)(C)C(=O)CCC(=O)C(C)(C)C(=O)CCC(=O)C(C)(C)C(=O)CCC(=O)C(C)(C)C(=O)CCC(=O)C(C)(C)C(C)=O. The van der Waals surface area contributed by atoms with Crippen molar-refractivity contribution in [1.29, 1.82) is 0 Å². The molecule has 0 aliphatic heterocycles. The minimum Gasteiger partial charge on any atom is -0.299 e. The van der Waals surface area contributed by atoms with Crippen LogP contribution in [0.2, 0.25) is 0 Å². The summed E-state index contributed by atoms with van der Waals surface area (Å²) in [5, 5.41) is 0. The van der Waals surface area contributed by atoms with Gasteiger partial charge in [0.2, 0.25) is 0 Å². The summed E-state index contributed by atoms with van der Waals surface area (Å²) < 4.78 is 0. The normalized spacial score (nSPS) is 12.9. The van der Waals surface area contributed by atoms with Gasteiger partial charge < -0.3 is 0 Å². The van der Waals surface area contributed by atoms with Crippen LogP contribution in [0.1, 0.15) is 321 Å². The van der Waals surface area contributed by atoms with Crippen molar-refractivity contribution in [1.82, 2.24) is 0 Å². The molecule has 0 aromatic heterocycles. The molecule has 0 unspecified atom stereocenters. The Morgan fingerprint density at radius 3 is 0.204 bits per heavy atom. The molecule has 0 bridgehead atoms. The Balaban J connectivity index is 5.43. The maximum absolute atomic E-state index is 13.6. The molecule has 0 radical (unpaired) electrons. The van der Waals surface area contributed by atoms with Crippen molar-refractivity contribution in [2.24, 2.45) is 65.0 Å². The Morgan fingerprint density at radius 2 is 0.157 bits per heavy atom. The van der Waals surface area contributed by atoms with Gasteiger partial charge in [-0.2, -0.15) is 0 Å². The van der Waals surface area contributed by atoms with Crippen LogP contribution >= 0.6 is 0 Å². The van der Waals surface area contributed by atoms with Crippen molar-refractivity contribution in [3.8, 4) is 0 Å². The molecule has 0 saturated heterocycles. The molecule has 0 saturated carbocycles. The van der Waals surface area contributed by atoms with Gasteiger partial charge >= 0.3 is 0 Å². The van der Waals surface area contributed by atoms with Crippen molar-refractivity contribution in [3.05, 3.63) is 0 Å². The van der Waals surface area contributed by atoms with Crippen LogP contribution in [0.4, 0.5) is 0 Å². The highest BCUT2D eigenvalue weighted by atomic mass is 16.2. The van der Waals surface area contributed by atoms with E-state index in [-0.39, 0.29) is 37.2 Å². The predicted molar refractivity (Wildman–Crippen MR) is 398 cm³/mol. The lowest BCUT2D eigenvalue weighted by Gasteiger charge is -2.26. The zero-order valence-corrected chi connectivity index (χ0v) is 69.4. The lowest BCUT2D eigenvalue weighted by atomic mass is 9.73. The zero-order valence-electron chi connectivity index (χ0n) is 69.4. The molecular weight excluding hydrogens is 1390 g/mol. The fourth-order valence-corrected chi connectivity index (χ4v) is 11.3. The van der Waals surface area contributed by atoms with Gasteiger partial charge in [-0.05, 0) is 180 Å². The monoisotopic (exact) mass is 1510 g/mol. The molecule has 0 atom stereocenters. The van der Waals surface area contributed by atoms with E-state index in [2.05, 4.69) is 0 Å². The quantitative estimate of drug-likeness (QED) is 0.0510.